The zero-order valence-electron chi connectivity index (χ0n) is 11.9. The highest BCUT2D eigenvalue weighted by atomic mass is 35.5. The van der Waals surface area contributed by atoms with Crippen molar-refractivity contribution in [2.24, 2.45) is 5.92 Å². The first-order chi connectivity index (χ1) is 9.34. The maximum Gasteiger partial charge on any atom is 0.220 e. The van der Waals surface area contributed by atoms with E-state index in [4.69, 9.17) is 0 Å². The van der Waals surface area contributed by atoms with Gasteiger partial charge in [0.25, 0.3) is 0 Å². The summed E-state index contributed by atoms with van der Waals surface area (Å²) in [6, 6.07) is 10.3. The number of amides is 1. The van der Waals surface area contributed by atoms with Crippen molar-refractivity contribution in [1.29, 1.82) is 0 Å². The van der Waals surface area contributed by atoms with Crippen molar-refractivity contribution in [3.8, 4) is 0 Å². The number of carbonyl (C=O) groups is 1. The van der Waals surface area contributed by atoms with Crippen LogP contribution in [0.2, 0.25) is 0 Å². The Morgan fingerprint density at radius 3 is 2.60 bits per heavy atom. The van der Waals surface area contributed by atoms with E-state index in [2.05, 4.69) is 22.8 Å². The second-order valence-electron chi connectivity index (χ2n) is 5.32. The molecular formula is C16H25ClN2O. The molecule has 0 bridgehead atoms. The normalized spacial score (nSPS) is 15.4. The first-order valence-electron chi connectivity index (χ1n) is 7.36. The van der Waals surface area contributed by atoms with Crippen LogP contribution in [0.15, 0.2) is 30.3 Å². The SMILES string of the molecule is Cl.O=C(CCC1CCNCC1)NCCc1ccccc1. The van der Waals surface area contributed by atoms with Crippen molar-refractivity contribution >= 4 is 18.3 Å². The number of hydrogen-bond acceptors (Lipinski definition) is 2. The Bertz CT molecular complexity index is 377. The number of hydrogen-bond donors (Lipinski definition) is 2. The van der Waals surface area contributed by atoms with E-state index < -0.39 is 0 Å². The molecule has 1 amide bonds. The molecule has 0 aromatic heterocycles. The molecule has 0 atom stereocenters. The third-order valence-corrected chi connectivity index (χ3v) is 3.82. The van der Waals surface area contributed by atoms with E-state index in [0.717, 1.165) is 38.4 Å². The van der Waals surface area contributed by atoms with Crippen molar-refractivity contribution in [3.05, 3.63) is 35.9 Å². The highest BCUT2D eigenvalue weighted by molar-refractivity contribution is 5.85. The first kappa shape index (κ1) is 17.0. The van der Waals surface area contributed by atoms with Gasteiger partial charge in [-0.2, -0.15) is 0 Å². The summed E-state index contributed by atoms with van der Waals surface area (Å²) in [7, 11) is 0. The Morgan fingerprint density at radius 1 is 1.20 bits per heavy atom. The molecular weight excluding hydrogens is 272 g/mol. The first-order valence-corrected chi connectivity index (χ1v) is 7.36. The fourth-order valence-corrected chi connectivity index (χ4v) is 2.58. The quantitative estimate of drug-likeness (QED) is 0.847. The van der Waals surface area contributed by atoms with E-state index in [9.17, 15) is 4.79 Å². The molecule has 2 N–H and O–H groups in total. The summed E-state index contributed by atoms with van der Waals surface area (Å²) in [5, 5.41) is 6.37. The predicted molar refractivity (Wildman–Crippen MR) is 85.2 cm³/mol. The second kappa shape index (κ2) is 9.78. The summed E-state index contributed by atoms with van der Waals surface area (Å²) < 4.78 is 0. The molecule has 3 nitrogen and oxygen atoms in total. The van der Waals surface area contributed by atoms with Gasteiger partial charge in [0, 0.05) is 13.0 Å². The van der Waals surface area contributed by atoms with Gasteiger partial charge in [-0.05, 0) is 50.3 Å². The number of nitrogens with one attached hydrogen (secondary N) is 2. The van der Waals surface area contributed by atoms with Gasteiger partial charge in [-0.25, -0.2) is 0 Å². The van der Waals surface area contributed by atoms with Gasteiger partial charge in [0.1, 0.15) is 0 Å². The van der Waals surface area contributed by atoms with Gasteiger partial charge in [0.15, 0.2) is 0 Å². The standard InChI is InChI=1S/C16H24N2O.ClH/c19-16(7-6-15-8-11-17-12-9-15)18-13-10-14-4-2-1-3-5-14;/h1-5,15,17H,6-13H2,(H,18,19);1H. The van der Waals surface area contributed by atoms with Gasteiger partial charge in [-0.3, -0.25) is 4.79 Å². The maximum absolute atomic E-state index is 11.7. The molecule has 1 aliphatic heterocycles. The van der Waals surface area contributed by atoms with Crippen LogP contribution in [0.3, 0.4) is 0 Å². The van der Waals surface area contributed by atoms with Crippen LogP contribution in [0.1, 0.15) is 31.2 Å². The maximum atomic E-state index is 11.7. The van der Waals surface area contributed by atoms with Crippen LogP contribution < -0.4 is 10.6 Å². The average Bonchev–Trinajstić information content (AvgIpc) is 2.47. The Hall–Kier alpha value is -1.06. The van der Waals surface area contributed by atoms with E-state index in [1.165, 1.54) is 18.4 Å². The average molecular weight is 297 g/mol. The van der Waals surface area contributed by atoms with Gasteiger partial charge in [-0.15, -0.1) is 12.4 Å². The fraction of sp³-hybridized carbons (Fsp3) is 0.562. The predicted octanol–water partition coefficient (Wildman–Crippen LogP) is 2.55. The van der Waals surface area contributed by atoms with E-state index in [1.807, 2.05) is 18.2 Å². The van der Waals surface area contributed by atoms with Gasteiger partial charge >= 0.3 is 0 Å². The van der Waals surface area contributed by atoms with Gasteiger partial charge in [0.05, 0.1) is 0 Å². The number of carbonyl (C=O) groups excluding carboxylic acids is 1. The van der Waals surface area contributed by atoms with Gasteiger partial charge < -0.3 is 10.6 Å². The number of halogens is 1. The Morgan fingerprint density at radius 2 is 1.90 bits per heavy atom. The molecule has 112 valence electrons. The highest BCUT2D eigenvalue weighted by Gasteiger charge is 2.14. The van der Waals surface area contributed by atoms with Crippen LogP contribution in [-0.4, -0.2) is 25.5 Å². The summed E-state index contributed by atoms with van der Waals surface area (Å²) in [5.41, 5.74) is 1.28. The topological polar surface area (TPSA) is 41.1 Å². The van der Waals surface area contributed by atoms with E-state index in [1.54, 1.807) is 0 Å². The van der Waals surface area contributed by atoms with Gasteiger partial charge in [-0.1, -0.05) is 30.3 Å². The summed E-state index contributed by atoms with van der Waals surface area (Å²) in [4.78, 5) is 11.7. The van der Waals surface area contributed by atoms with Crippen LogP contribution in [-0.2, 0) is 11.2 Å². The van der Waals surface area contributed by atoms with Crippen LogP contribution in [0.25, 0.3) is 0 Å². The molecule has 1 heterocycles. The minimum Gasteiger partial charge on any atom is -0.356 e. The lowest BCUT2D eigenvalue weighted by Crippen LogP contribution is -2.30. The molecule has 2 rings (SSSR count). The molecule has 0 spiro atoms. The summed E-state index contributed by atoms with van der Waals surface area (Å²) >= 11 is 0. The lowest BCUT2D eigenvalue weighted by molar-refractivity contribution is -0.121. The minimum atomic E-state index is 0. The van der Waals surface area contributed by atoms with Gasteiger partial charge in [0.2, 0.25) is 5.91 Å². The van der Waals surface area contributed by atoms with E-state index >= 15 is 0 Å². The molecule has 1 aliphatic rings. The van der Waals surface area contributed by atoms with Crippen LogP contribution in [0.4, 0.5) is 0 Å². The molecule has 0 radical (unpaired) electrons. The van der Waals surface area contributed by atoms with Crippen LogP contribution >= 0.6 is 12.4 Å². The molecule has 20 heavy (non-hydrogen) atoms. The van der Waals surface area contributed by atoms with Crippen LogP contribution in [0, 0.1) is 5.92 Å². The number of rotatable bonds is 6. The van der Waals surface area contributed by atoms with Crippen molar-refractivity contribution in [2.45, 2.75) is 32.1 Å². The molecule has 0 unspecified atom stereocenters. The van der Waals surface area contributed by atoms with Crippen LogP contribution in [0.5, 0.6) is 0 Å². The Labute approximate surface area is 127 Å². The fourth-order valence-electron chi connectivity index (χ4n) is 2.58. The second-order valence-corrected chi connectivity index (χ2v) is 5.32. The van der Waals surface area contributed by atoms with Crippen molar-refractivity contribution < 1.29 is 4.79 Å². The third kappa shape index (κ3) is 6.40. The van der Waals surface area contributed by atoms with Crippen molar-refractivity contribution in [3.63, 3.8) is 0 Å². The Kier molecular flexibility index (Phi) is 8.31. The molecule has 0 aliphatic carbocycles. The van der Waals surface area contributed by atoms with E-state index in [-0.39, 0.29) is 18.3 Å². The minimum absolute atomic E-state index is 0. The Balaban J connectivity index is 0.00000200. The summed E-state index contributed by atoms with van der Waals surface area (Å²) in [6.45, 7) is 2.97. The molecule has 0 saturated carbocycles. The third-order valence-electron chi connectivity index (χ3n) is 3.82. The largest absolute Gasteiger partial charge is 0.356 e. The molecule has 1 aromatic rings. The lowest BCUT2D eigenvalue weighted by Gasteiger charge is -2.22. The highest BCUT2D eigenvalue weighted by Crippen LogP contribution is 2.17. The molecule has 1 saturated heterocycles. The van der Waals surface area contributed by atoms with E-state index in [0.29, 0.717) is 6.42 Å². The van der Waals surface area contributed by atoms with Crippen molar-refractivity contribution in [2.75, 3.05) is 19.6 Å². The molecule has 4 heteroatoms. The number of benzene rings is 1. The summed E-state index contributed by atoms with van der Waals surface area (Å²) in [6.07, 6.45) is 5.08. The zero-order valence-corrected chi connectivity index (χ0v) is 12.8. The molecule has 1 aromatic carbocycles. The summed E-state index contributed by atoms with van der Waals surface area (Å²) in [5.74, 6) is 0.940. The number of piperidine rings is 1. The molecule has 1 fully saturated rings. The lowest BCUT2D eigenvalue weighted by atomic mass is 9.93. The zero-order chi connectivity index (χ0) is 13.3. The van der Waals surface area contributed by atoms with Crippen molar-refractivity contribution in [1.82, 2.24) is 10.6 Å². The smallest absolute Gasteiger partial charge is 0.220 e. The monoisotopic (exact) mass is 296 g/mol.